The van der Waals surface area contributed by atoms with E-state index in [9.17, 15) is 9.90 Å². The van der Waals surface area contributed by atoms with Gasteiger partial charge >= 0.3 is 26.1 Å². The van der Waals surface area contributed by atoms with Gasteiger partial charge < -0.3 is 9.67 Å². The molecule has 46 heavy (non-hydrogen) atoms. The summed E-state index contributed by atoms with van der Waals surface area (Å²) in [6.45, 7) is 2.02. The van der Waals surface area contributed by atoms with Crippen molar-refractivity contribution in [3.63, 3.8) is 0 Å². The van der Waals surface area contributed by atoms with E-state index in [1.54, 1.807) is 18.3 Å². The van der Waals surface area contributed by atoms with Crippen molar-refractivity contribution in [1.29, 1.82) is 0 Å². The fraction of sp³-hybridized carbons (Fsp3) is 0.0250. The Balaban J connectivity index is 0.000000177. The van der Waals surface area contributed by atoms with Crippen molar-refractivity contribution in [2.24, 2.45) is 0 Å². The zero-order valence-corrected chi connectivity index (χ0v) is 27.4. The van der Waals surface area contributed by atoms with Gasteiger partial charge in [-0.15, -0.1) is 54.6 Å². The van der Waals surface area contributed by atoms with E-state index in [1.807, 2.05) is 116 Å². The zero-order valence-electron chi connectivity index (χ0n) is 25.0. The van der Waals surface area contributed by atoms with Gasteiger partial charge in [0.25, 0.3) is 0 Å². The number of carbonyl (C=O) groups is 1. The summed E-state index contributed by atoms with van der Waals surface area (Å²) < 4.78 is 1.44. The van der Waals surface area contributed by atoms with Crippen LogP contribution in [0.15, 0.2) is 140 Å². The molecule has 0 aliphatic rings. The van der Waals surface area contributed by atoms with Gasteiger partial charge in [-0.05, 0) is 53.1 Å². The molecule has 0 spiro atoms. The molecule has 0 fully saturated rings. The third-order valence-electron chi connectivity index (χ3n) is 7.42. The molecule has 4 aromatic carbocycles. The number of fused-ring (bicyclic) bond motifs is 1. The van der Waals surface area contributed by atoms with E-state index in [-0.39, 0.29) is 25.8 Å². The molecule has 0 saturated carbocycles. The maximum absolute atomic E-state index is 11.6. The third kappa shape index (κ3) is 7.10. The van der Waals surface area contributed by atoms with Crippen molar-refractivity contribution < 1.29 is 34.6 Å². The molecule has 3 heterocycles. The molecule has 0 saturated heterocycles. The van der Waals surface area contributed by atoms with Gasteiger partial charge in [-0.2, -0.15) is 0 Å². The molecule has 0 aliphatic heterocycles. The summed E-state index contributed by atoms with van der Waals surface area (Å²) in [5.74, 6) is -1.01. The monoisotopic (exact) mass is 776 g/mol. The first kappa shape index (κ1) is 32.0. The van der Waals surface area contributed by atoms with Crippen LogP contribution in [0.1, 0.15) is 16.1 Å². The number of aryl methyl sites for hydroxylation is 1. The number of aromatic nitrogens is 3. The first-order valence-corrected chi connectivity index (χ1v) is 14.4. The molecule has 0 bridgehead atoms. The smallest absolute Gasteiger partial charge is 0.483 e. The molecule has 0 atom stereocenters. The number of benzene rings is 4. The molecule has 6 heteroatoms. The molecule has 0 radical (unpaired) electrons. The summed E-state index contributed by atoms with van der Waals surface area (Å²) in [7, 11) is 3.88. The van der Waals surface area contributed by atoms with Crippen LogP contribution >= 0.6 is 0 Å². The number of rotatable bonds is 5. The van der Waals surface area contributed by atoms with E-state index in [1.165, 1.54) is 9.95 Å². The number of hydrogen-bond acceptors (Lipinski definition) is 3. The summed E-state index contributed by atoms with van der Waals surface area (Å²) in [4.78, 5) is 20.5. The first-order valence-electron chi connectivity index (χ1n) is 14.4. The topological polar surface area (TPSA) is 67.0 Å². The Morgan fingerprint density at radius 3 is 2.22 bits per heavy atom. The van der Waals surface area contributed by atoms with Crippen LogP contribution in [0.3, 0.4) is 0 Å². The Kier molecular flexibility index (Phi) is 10.1. The molecule has 5 nitrogen and oxygen atoms in total. The van der Waals surface area contributed by atoms with E-state index < -0.39 is 5.97 Å². The fourth-order valence-corrected chi connectivity index (χ4v) is 5.10. The molecular weight excluding hydrogens is 747 g/mol. The Morgan fingerprint density at radius 1 is 0.739 bits per heavy atom. The van der Waals surface area contributed by atoms with Gasteiger partial charge in [0.2, 0.25) is 0 Å². The van der Waals surface area contributed by atoms with Crippen molar-refractivity contribution in [3.05, 3.63) is 170 Å². The van der Waals surface area contributed by atoms with Crippen LogP contribution in [0.2, 0.25) is 0 Å². The molecule has 1 N–H and O–H groups in total. The van der Waals surface area contributed by atoms with Gasteiger partial charge in [0, 0.05) is 30.8 Å². The van der Waals surface area contributed by atoms with Gasteiger partial charge in [-0.25, -0.2) is 0 Å². The van der Waals surface area contributed by atoms with Crippen molar-refractivity contribution >= 4 is 16.7 Å². The quantitative estimate of drug-likeness (QED) is 0.141. The average Bonchev–Trinajstić information content (AvgIpc) is 3.09. The number of pyridine rings is 3. The van der Waals surface area contributed by atoms with Gasteiger partial charge in [0.15, 0.2) is 5.69 Å². The van der Waals surface area contributed by atoms with E-state index in [0.717, 1.165) is 50.2 Å². The van der Waals surface area contributed by atoms with E-state index in [4.69, 9.17) is 0 Å². The normalized spacial score (nSPS) is 10.4. The van der Waals surface area contributed by atoms with Gasteiger partial charge in [-0.3, -0.25) is 14.8 Å². The second kappa shape index (κ2) is 14.6. The zero-order chi connectivity index (χ0) is 31.2. The minimum atomic E-state index is -1.01. The minimum absolute atomic E-state index is 0. The van der Waals surface area contributed by atoms with Crippen LogP contribution < -0.4 is 4.57 Å². The molecular formula is C40H29IrN3O2+. The Labute approximate surface area is 282 Å². The Hall–Kier alpha value is -5.42. The standard InChI is InChI=1S/C20H13N2.C20H16NO2.Ir/c1-2-9-18-15(6-1)11-13-22-20(18)17-8-5-7-16(14-17)19-10-3-4-12-21-19;1-14-8-10-15(11-9-14)17-12-18(16-6-4-3-5-7-16)21(2)19(13-17)20(22)23;/h1-13H;3-6,8-13H,2H2,1H3,(H,22,23);/q2*-1;+3. The van der Waals surface area contributed by atoms with Gasteiger partial charge in [0.05, 0.1) is 0 Å². The van der Waals surface area contributed by atoms with Crippen molar-refractivity contribution in [1.82, 2.24) is 9.97 Å². The summed E-state index contributed by atoms with van der Waals surface area (Å²) in [6.07, 6.45) is 3.64. The summed E-state index contributed by atoms with van der Waals surface area (Å²) in [5.41, 5.74) is 8.46. The molecule has 0 unspecified atom stereocenters. The van der Waals surface area contributed by atoms with Gasteiger partial charge in [0.1, 0.15) is 5.69 Å². The molecule has 3 aromatic heterocycles. The number of aromatic carboxylic acids is 1. The van der Waals surface area contributed by atoms with E-state index >= 15 is 0 Å². The number of carboxylic acid groups (broad SMARTS) is 1. The van der Waals surface area contributed by atoms with E-state index in [2.05, 4.69) is 41.3 Å². The first-order chi connectivity index (χ1) is 22.0. The maximum atomic E-state index is 11.6. The van der Waals surface area contributed by atoms with Crippen LogP contribution in [0, 0.1) is 26.1 Å². The van der Waals surface area contributed by atoms with Crippen LogP contribution in [-0.4, -0.2) is 21.0 Å². The second-order valence-electron chi connectivity index (χ2n) is 10.5. The molecule has 7 rings (SSSR count). The van der Waals surface area contributed by atoms with E-state index in [0.29, 0.717) is 5.69 Å². The van der Waals surface area contributed by atoms with Crippen LogP contribution in [0.4, 0.5) is 0 Å². The SMILES string of the molecule is [CH2-][n+]1c(C(=O)O)cc(-c2ccc(C)cc2)cc1-c1[c-]cccc1.[Ir+3].[c-]1c(-c2ccccn2)cccc1-c1nccc2ccccc12. The number of nitrogens with zero attached hydrogens (tertiary/aromatic N) is 3. The largest absolute Gasteiger partial charge is 3.00 e. The van der Waals surface area contributed by atoms with Gasteiger partial charge in [-0.1, -0.05) is 82.9 Å². The minimum Gasteiger partial charge on any atom is -0.483 e. The Bertz CT molecular complexity index is 2090. The fourth-order valence-electron chi connectivity index (χ4n) is 5.10. The molecule has 7 aromatic rings. The summed E-state index contributed by atoms with van der Waals surface area (Å²) >= 11 is 0. The van der Waals surface area contributed by atoms with Crippen molar-refractivity contribution in [3.8, 4) is 44.9 Å². The Morgan fingerprint density at radius 2 is 1.48 bits per heavy atom. The average molecular weight is 776 g/mol. The number of carboxylic acids is 1. The summed E-state index contributed by atoms with van der Waals surface area (Å²) in [6, 6.07) is 47.9. The second-order valence-corrected chi connectivity index (χ2v) is 10.5. The molecule has 0 aliphatic carbocycles. The van der Waals surface area contributed by atoms with Crippen LogP contribution in [-0.2, 0) is 20.1 Å². The predicted octanol–water partition coefficient (Wildman–Crippen LogP) is 8.52. The van der Waals surface area contributed by atoms with Crippen molar-refractivity contribution in [2.75, 3.05) is 0 Å². The molecule has 0 amide bonds. The summed E-state index contributed by atoms with van der Waals surface area (Å²) in [5, 5.41) is 11.8. The number of hydrogen-bond donors (Lipinski definition) is 1. The maximum Gasteiger partial charge on any atom is 3.00 e. The van der Waals surface area contributed by atoms with Crippen LogP contribution in [0.5, 0.6) is 0 Å². The molecule has 224 valence electrons. The van der Waals surface area contributed by atoms with Crippen molar-refractivity contribution in [2.45, 2.75) is 6.92 Å². The van der Waals surface area contributed by atoms with Crippen LogP contribution in [0.25, 0.3) is 55.7 Å². The third-order valence-corrected chi connectivity index (χ3v) is 7.42. The predicted molar refractivity (Wildman–Crippen MR) is 178 cm³/mol.